The van der Waals surface area contributed by atoms with Gasteiger partial charge in [-0.2, -0.15) is 5.10 Å². The molecule has 1 atom stereocenters. The van der Waals surface area contributed by atoms with Crippen LogP contribution in [0.5, 0.6) is 0 Å². The van der Waals surface area contributed by atoms with Gasteiger partial charge in [-0.15, -0.1) is 0 Å². The normalized spacial score (nSPS) is 17.2. The smallest absolute Gasteiger partial charge is 0.191 e. The van der Waals surface area contributed by atoms with Crippen molar-refractivity contribution >= 4 is 5.96 Å². The van der Waals surface area contributed by atoms with Gasteiger partial charge in [0.25, 0.3) is 0 Å². The lowest BCUT2D eigenvalue weighted by Crippen LogP contribution is -2.46. The third kappa shape index (κ3) is 4.57. The predicted octanol–water partition coefficient (Wildman–Crippen LogP) is 1.41. The van der Waals surface area contributed by atoms with Crippen LogP contribution in [0.1, 0.15) is 29.2 Å². The van der Waals surface area contributed by atoms with E-state index >= 15 is 0 Å². The molecule has 1 unspecified atom stereocenters. The van der Waals surface area contributed by atoms with Crippen molar-refractivity contribution in [1.29, 1.82) is 0 Å². The number of rotatable bonds is 5. The highest BCUT2D eigenvalue weighted by Crippen LogP contribution is 2.13. The van der Waals surface area contributed by atoms with Crippen LogP contribution in [0.2, 0.25) is 0 Å². The van der Waals surface area contributed by atoms with Gasteiger partial charge < -0.3 is 15.4 Å². The van der Waals surface area contributed by atoms with Gasteiger partial charge in [0.05, 0.1) is 6.54 Å². The number of hydrogen-bond acceptors (Lipinski definition) is 4. The number of fused-ring (bicyclic) bond motifs is 1. The van der Waals surface area contributed by atoms with Crippen LogP contribution >= 0.6 is 0 Å². The number of guanidine groups is 1. The van der Waals surface area contributed by atoms with Crippen molar-refractivity contribution < 1.29 is 4.74 Å². The first-order chi connectivity index (χ1) is 12.2. The summed E-state index contributed by atoms with van der Waals surface area (Å²) in [5.74, 6) is 2.60. The lowest BCUT2D eigenvalue weighted by Gasteiger charge is -2.25. The minimum Gasteiger partial charge on any atom is -0.377 e. The molecular formula is C18H26N6O. The summed E-state index contributed by atoms with van der Waals surface area (Å²) in [6.45, 7) is 4.09. The molecular weight excluding hydrogens is 316 g/mol. The molecule has 25 heavy (non-hydrogen) atoms. The first kappa shape index (κ1) is 17.4. The number of aliphatic imine (C=N–C) groups is 1. The molecule has 7 heteroatoms. The second-order valence-electron chi connectivity index (χ2n) is 6.35. The van der Waals surface area contributed by atoms with Crippen molar-refractivity contribution in [2.24, 2.45) is 4.99 Å². The number of ether oxygens (including phenoxy) is 1. The molecule has 0 saturated carbocycles. The Hall–Kier alpha value is -2.41. The van der Waals surface area contributed by atoms with Gasteiger partial charge in [0.1, 0.15) is 12.4 Å². The summed E-state index contributed by atoms with van der Waals surface area (Å²) < 4.78 is 7.09. The van der Waals surface area contributed by atoms with Crippen LogP contribution in [0, 0.1) is 6.92 Å². The van der Waals surface area contributed by atoms with E-state index in [9.17, 15) is 0 Å². The Morgan fingerprint density at radius 2 is 2.16 bits per heavy atom. The molecule has 3 rings (SSSR count). The predicted molar refractivity (Wildman–Crippen MR) is 97.4 cm³/mol. The maximum absolute atomic E-state index is 5.11. The second kappa shape index (κ2) is 8.11. The summed E-state index contributed by atoms with van der Waals surface area (Å²) in [6.07, 6.45) is 1.92. The lowest BCUT2D eigenvalue weighted by molar-refractivity contribution is 0.177. The molecule has 0 amide bonds. The fourth-order valence-corrected chi connectivity index (χ4v) is 2.95. The maximum atomic E-state index is 5.11. The molecule has 0 saturated heterocycles. The summed E-state index contributed by atoms with van der Waals surface area (Å²) in [5.41, 5.74) is 2.50. The monoisotopic (exact) mass is 342 g/mol. The SMILES string of the molecule is CN=C(NCc1ccc(C)cc1)NC1CCc2nc(COC)nn2C1. The highest BCUT2D eigenvalue weighted by molar-refractivity contribution is 5.79. The topological polar surface area (TPSA) is 76.4 Å². The Balaban J connectivity index is 1.54. The van der Waals surface area contributed by atoms with E-state index < -0.39 is 0 Å². The second-order valence-corrected chi connectivity index (χ2v) is 6.35. The third-order valence-electron chi connectivity index (χ3n) is 4.32. The van der Waals surface area contributed by atoms with Gasteiger partial charge in [0.2, 0.25) is 0 Å². The van der Waals surface area contributed by atoms with E-state index in [2.05, 4.69) is 56.9 Å². The van der Waals surface area contributed by atoms with Gasteiger partial charge in [-0.3, -0.25) is 4.99 Å². The largest absolute Gasteiger partial charge is 0.377 e. The fourth-order valence-electron chi connectivity index (χ4n) is 2.95. The van der Waals surface area contributed by atoms with Gasteiger partial charge in [0, 0.05) is 33.2 Å². The number of methoxy groups -OCH3 is 1. The molecule has 0 aliphatic carbocycles. The van der Waals surface area contributed by atoms with Crippen LogP contribution in [0.4, 0.5) is 0 Å². The average molecular weight is 342 g/mol. The third-order valence-corrected chi connectivity index (χ3v) is 4.32. The maximum Gasteiger partial charge on any atom is 0.191 e. The molecule has 0 radical (unpaired) electrons. The first-order valence-electron chi connectivity index (χ1n) is 8.62. The zero-order valence-corrected chi connectivity index (χ0v) is 15.1. The van der Waals surface area contributed by atoms with Crippen molar-refractivity contribution in [2.45, 2.75) is 45.5 Å². The summed E-state index contributed by atoms with van der Waals surface area (Å²) >= 11 is 0. The molecule has 2 heterocycles. The minimum atomic E-state index is 0.286. The molecule has 0 fully saturated rings. The van der Waals surface area contributed by atoms with Crippen LogP contribution in [-0.4, -0.2) is 40.9 Å². The Morgan fingerprint density at radius 3 is 2.88 bits per heavy atom. The Bertz CT molecular complexity index is 722. The van der Waals surface area contributed by atoms with E-state index in [0.717, 1.165) is 43.5 Å². The summed E-state index contributed by atoms with van der Waals surface area (Å²) in [4.78, 5) is 8.85. The molecule has 2 N–H and O–H groups in total. The molecule has 134 valence electrons. The summed E-state index contributed by atoms with van der Waals surface area (Å²) in [6, 6.07) is 8.80. The molecule has 1 aromatic heterocycles. The van der Waals surface area contributed by atoms with Crippen LogP contribution in [0.3, 0.4) is 0 Å². The Kier molecular flexibility index (Phi) is 5.65. The highest BCUT2D eigenvalue weighted by Gasteiger charge is 2.22. The van der Waals surface area contributed by atoms with Crippen molar-refractivity contribution in [3.05, 3.63) is 47.0 Å². The van der Waals surface area contributed by atoms with Crippen molar-refractivity contribution in [3.63, 3.8) is 0 Å². The van der Waals surface area contributed by atoms with Gasteiger partial charge >= 0.3 is 0 Å². The fraction of sp³-hybridized carbons (Fsp3) is 0.500. The van der Waals surface area contributed by atoms with E-state index in [1.165, 1.54) is 11.1 Å². The Morgan fingerprint density at radius 1 is 1.36 bits per heavy atom. The van der Waals surface area contributed by atoms with E-state index in [1.807, 2.05) is 4.68 Å². The molecule has 2 aromatic rings. The standard InChI is InChI=1S/C18H26N6O/c1-13-4-6-14(7-5-13)10-20-18(19-2)21-15-8-9-17-22-16(12-25-3)23-24(17)11-15/h4-7,15H,8-12H2,1-3H3,(H2,19,20,21). The quantitative estimate of drug-likeness (QED) is 0.635. The first-order valence-corrected chi connectivity index (χ1v) is 8.62. The molecule has 0 spiro atoms. The van der Waals surface area contributed by atoms with Gasteiger partial charge in [-0.25, -0.2) is 9.67 Å². The molecule has 7 nitrogen and oxygen atoms in total. The molecule has 1 aliphatic rings. The van der Waals surface area contributed by atoms with Crippen LogP contribution in [-0.2, 0) is 30.9 Å². The number of aromatic nitrogens is 3. The van der Waals surface area contributed by atoms with Crippen molar-refractivity contribution in [1.82, 2.24) is 25.4 Å². The van der Waals surface area contributed by atoms with E-state index in [4.69, 9.17) is 4.74 Å². The van der Waals surface area contributed by atoms with Gasteiger partial charge in [0.15, 0.2) is 11.8 Å². The summed E-state index contributed by atoms with van der Waals surface area (Å²) in [5, 5.41) is 11.4. The van der Waals surface area contributed by atoms with Gasteiger partial charge in [-0.1, -0.05) is 29.8 Å². The number of hydrogen-bond donors (Lipinski definition) is 2. The zero-order chi connectivity index (χ0) is 17.6. The van der Waals surface area contributed by atoms with E-state index in [0.29, 0.717) is 6.61 Å². The van der Waals surface area contributed by atoms with E-state index in [-0.39, 0.29) is 6.04 Å². The minimum absolute atomic E-state index is 0.286. The highest BCUT2D eigenvalue weighted by atomic mass is 16.5. The van der Waals surface area contributed by atoms with Crippen LogP contribution < -0.4 is 10.6 Å². The number of aryl methyl sites for hydroxylation is 2. The summed E-state index contributed by atoms with van der Waals surface area (Å²) in [7, 11) is 3.46. The molecule has 1 aliphatic heterocycles. The number of nitrogens with zero attached hydrogens (tertiary/aromatic N) is 4. The zero-order valence-electron chi connectivity index (χ0n) is 15.1. The number of benzene rings is 1. The van der Waals surface area contributed by atoms with Crippen molar-refractivity contribution in [3.8, 4) is 0 Å². The lowest BCUT2D eigenvalue weighted by atomic mass is 10.1. The van der Waals surface area contributed by atoms with Crippen LogP contribution in [0.25, 0.3) is 0 Å². The number of nitrogens with one attached hydrogen (secondary N) is 2. The van der Waals surface area contributed by atoms with Crippen LogP contribution in [0.15, 0.2) is 29.3 Å². The molecule has 0 bridgehead atoms. The molecule has 1 aromatic carbocycles. The average Bonchev–Trinajstić information content (AvgIpc) is 3.02. The van der Waals surface area contributed by atoms with Crippen molar-refractivity contribution in [2.75, 3.05) is 14.2 Å². The Labute approximate surface area is 148 Å². The van der Waals surface area contributed by atoms with Gasteiger partial charge in [-0.05, 0) is 18.9 Å². The van der Waals surface area contributed by atoms with E-state index in [1.54, 1.807) is 14.2 Å².